The molecule has 0 radical (unpaired) electrons. The fourth-order valence-corrected chi connectivity index (χ4v) is 4.08. The minimum atomic E-state index is -3.11. The van der Waals surface area contributed by atoms with Crippen LogP contribution < -0.4 is 9.64 Å². The van der Waals surface area contributed by atoms with Gasteiger partial charge in [-0.15, -0.1) is 0 Å². The maximum atomic E-state index is 13.1. The van der Waals surface area contributed by atoms with Crippen LogP contribution in [0.1, 0.15) is 16.7 Å². The van der Waals surface area contributed by atoms with Gasteiger partial charge in [-0.25, -0.2) is 22.8 Å². The molecule has 0 atom stereocenters. The lowest BCUT2D eigenvalue weighted by Crippen LogP contribution is -2.26. The number of benzene rings is 3. The predicted octanol–water partition coefficient (Wildman–Crippen LogP) is 4.20. The van der Waals surface area contributed by atoms with E-state index in [1.807, 2.05) is 47.4 Å². The number of anilines is 1. The lowest BCUT2D eigenvalue weighted by atomic mass is 10.1. The molecular formula is C24H22FN3O3S. The lowest BCUT2D eigenvalue weighted by molar-refractivity contribution is 0.305. The highest BCUT2D eigenvalue weighted by Gasteiger charge is 2.15. The molecule has 32 heavy (non-hydrogen) atoms. The molecule has 1 aliphatic heterocycles. The molecule has 0 spiro atoms. The molecule has 0 N–H and O–H groups in total. The van der Waals surface area contributed by atoms with Crippen LogP contribution in [0.2, 0.25) is 0 Å². The van der Waals surface area contributed by atoms with Crippen molar-refractivity contribution in [2.24, 2.45) is 9.98 Å². The van der Waals surface area contributed by atoms with Crippen LogP contribution in [0.15, 0.2) is 82.8 Å². The quantitative estimate of drug-likeness (QED) is 0.540. The maximum Gasteiger partial charge on any atom is 0.161 e. The molecule has 8 heteroatoms. The number of nitrogens with zero attached hydrogens (tertiary/aromatic N) is 3. The third-order valence-corrected chi connectivity index (χ3v) is 5.66. The largest absolute Gasteiger partial charge is 0.488 e. The fourth-order valence-electron chi connectivity index (χ4n) is 3.29. The summed E-state index contributed by atoms with van der Waals surface area (Å²) in [5.74, 6) is 0.880. The number of hydrogen-bond acceptors (Lipinski definition) is 6. The number of rotatable bonds is 7. The summed E-state index contributed by atoms with van der Waals surface area (Å²) in [5.41, 5.74) is 3.15. The van der Waals surface area contributed by atoms with Gasteiger partial charge >= 0.3 is 0 Å². The van der Waals surface area contributed by atoms with Gasteiger partial charge in [0, 0.05) is 11.9 Å². The van der Waals surface area contributed by atoms with Gasteiger partial charge in [-0.2, -0.15) is 0 Å². The van der Waals surface area contributed by atoms with Crippen molar-refractivity contribution in [1.29, 1.82) is 0 Å². The Morgan fingerprint density at radius 1 is 1.00 bits per heavy atom. The second-order valence-electron chi connectivity index (χ2n) is 7.49. The van der Waals surface area contributed by atoms with Crippen LogP contribution in [0.4, 0.5) is 10.1 Å². The average Bonchev–Trinajstić information content (AvgIpc) is 2.78. The zero-order valence-electron chi connectivity index (χ0n) is 17.5. The van der Waals surface area contributed by atoms with Gasteiger partial charge in [-0.3, -0.25) is 0 Å². The molecule has 3 aromatic carbocycles. The molecular weight excluding hydrogens is 429 g/mol. The first-order chi connectivity index (χ1) is 15.4. The van der Waals surface area contributed by atoms with Gasteiger partial charge in [-0.05, 0) is 47.5 Å². The molecule has 6 nitrogen and oxygen atoms in total. The second-order valence-corrected chi connectivity index (χ2v) is 9.63. The van der Waals surface area contributed by atoms with Gasteiger partial charge in [0.1, 0.15) is 24.8 Å². The fraction of sp³-hybridized carbons (Fsp3) is 0.167. The van der Waals surface area contributed by atoms with Crippen molar-refractivity contribution in [1.82, 2.24) is 0 Å². The van der Waals surface area contributed by atoms with Gasteiger partial charge in [-0.1, -0.05) is 36.4 Å². The predicted molar refractivity (Wildman–Crippen MR) is 125 cm³/mol. The van der Waals surface area contributed by atoms with Crippen LogP contribution in [-0.2, 0) is 22.2 Å². The number of amidine groups is 1. The van der Waals surface area contributed by atoms with Crippen molar-refractivity contribution in [2.45, 2.75) is 12.4 Å². The van der Waals surface area contributed by atoms with E-state index in [1.54, 1.807) is 24.5 Å². The Bertz CT molecular complexity index is 1270. The SMILES string of the molecule is CS(=O)(=O)Cc1cccc(N2C=NC(c3ccccc3OCc3ccc(F)cc3)=NC2)c1. The summed E-state index contributed by atoms with van der Waals surface area (Å²) in [4.78, 5) is 10.9. The third kappa shape index (κ3) is 5.59. The molecule has 1 heterocycles. The van der Waals surface area contributed by atoms with Crippen molar-refractivity contribution >= 4 is 27.7 Å². The summed E-state index contributed by atoms with van der Waals surface area (Å²) < 4.78 is 42.2. The molecule has 0 unspecified atom stereocenters. The zero-order valence-corrected chi connectivity index (χ0v) is 18.3. The maximum absolute atomic E-state index is 13.1. The number of ether oxygens (including phenoxy) is 1. The normalized spacial score (nSPS) is 13.7. The Balaban J connectivity index is 1.47. The summed E-state index contributed by atoms with van der Waals surface area (Å²) in [6, 6.07) is 21.0. The highest BCUT2D eigenvalue weighted by Crippen LogP contribution is 2.24. The minimum absolute atomic E-state index is 0.0148. The van der Waals surface area contributed by atoms with E-state index in [0.29, 0.717) is 30.4 Å². The van der Waals surface area contributed by atoms with Crippen molar-refractivity contribution in [2.75, 3.05) is 17.8 Å². The van der Waals surface area contributed by atoms with Crippen molar-refractivity contribution in [3.8, 4) is 5.75 Å². The van der Waals surface area contributed by atoms with E-state index in [0.717, 1.165) is 16.8 Å². The molecule has 4 rings (SSSR count). The molecule has 0 aliphatic carbocycles. The summed E-state index contributed by atoms with van der Waals surface area (Å²) in [7, 11) is -3.11. The number of sulfone groups is 1. The monoisotopic (exact) mass is 451 g/mol. The molecule has 0 amide bonds. The first kappa shape index (κ1) is 21.7. The van der Waals surface area contributed by atoms with Crippen molar-refractivity contribution in [3.05, 3.63) is 95.3 Å². The third-order valence-electron chi connectivity index (χ3n) is 4.80. The van der Waals surface area contributed by atoms with Gasteiger partial charge in [0.25, 0.3) is 0 Å². The van der Waals surface area contributed by atoms with E-state index in [-0.39, 0.29) is 11.6 Å². The van der Waals surface area contributed by atoms with E-state index in [1.165, 1.54) is 18.4 Å². The minimum Gasteiger partial charge on any atom is -0.488 e. The summed E-state index contributed by atoms with van der Waals surface area (Å²) in [6.45, 7) is 0.640. The van der Waals surface area contributed by atoms with E-state index in [9.17, 15) is 12.8 Å². The Morgan fingerprint density at radius 3 is 2.50 bits per heavy atom. The van der Waals surface area contributed by atoms with E-state index in [4.69, 9.17) is 4.74 Å². The highest BCUT2D eigenvalue weighted by molar-refractivity contribution is 7.89. The van der Waals surface area contributed by atoms with E-state index < -0.39 is 9.84 Å². The van der Waals surface area contributed by atoms with Gasteiger partial charge in [0.15, 0.2) is 15.7 Å². The molecule has 3 aromatic rings. The number of halogens is 1. The van der Waals surface area contributed by atoms with Gasteiger partial charge < -0.3 is 9.64 Å². The Labute approximate surface area is 186 Å². The first-order valence-electron chi connectivity index (χ1n) is 9.96. The Morgan fingerprint density at radius 2 is 1.78 bits per heavy atom. The van der Waals surface area contributed by atoms with Gasteiger partial charge in [0.05, 0.1) is 17.7 Å². The molecule has 0 saturated carbocycles. The highest BCUT2D eigenvalue weighted by atomic mass is 32.2. The first-order valence-corrected chi connectivity index (χ1v) is 12.0. The lowest BCUT2D eigenvalue weighted by Gasteiger charge is -2.22. The molecule has 0 aromatic heterocycles. The molecule has 1 aliphatic rings. The molecule has 0 bridgehead atoms. The van der Waals surface area contributed by atoms with Crippen LogP contribution in [-0.4, -0.2) is 33.5 Å². The van der Waals surface area contributed by atoms with Gasteiger partial charge in [0.2, 0.25) is 0 Å². The zero-order chi connectivity index (χ0) is 22.6. The Hall–Kier alpha value is -3.52. The molecule has 0 fully saturated rings. The smallest absolute Gasteiger partial charge is 0.161 e. The summed E-state index contributed by atoms with van der Waals surface area (Å²) in [6.07, 6.45) is 2.90. The topological polar surface area (TPSA) is 71.3 Å². The van der Waals surface area contributed by atoms with E-state index in [2.05, 4.69) is 9.98 Å². The van der Waals surface area contributed by atoms with Crippen molar-refractivity contribution in [3.63, 3.8) is 0 Å². The standard InChI is InChI=1S/C24H22FN3O3S/c1-32(29,30)15-19-5-4-6-21(13-19)28-16-26-24(27-17-28)22-7-2-3-8-23(22)31-14-18-9-11-20(25)12-10-18/h2-13,16H,14-15,17H2,1H3. The van der Waals surface area contributed by atoms with Crippen LogP contribution >= 0.6 is 0 Å². The van der Waals surface area contributed by atoms with Crippen LogP contribution in [0.25, 0.3) is 0 Å². The summed E-state index contributed by atoms with van der Waals surface area (Å²) >= 11 is 0. The van der Waals surface area contributed by atoms with Crippen LogP contribution in [0, 0.1) is 5.82 Å². The number of para-hydroxylation sites is 1. The van der Waals surface area contributed by atoms with Crippen molar-refractivity contribution < 1.29 is 17.5 Å². The molecule has 0 saturated heterocycles. The summed E-state index contributed by atoms with van der Waals surface area (Å²) in [5, 5.41) is 0. The average molecular weight is 452 g/mol. The molecule has 164 valence electrons. The van der Waals surface area contributed by atoms with Crippen LogP contribution in [0.3, 0.4) is 0 Å². The van der Waals surface area contributed by atoms with Crippen LogP contribution in [0.5, 0.6) is 5.75 Å². The second kappa shape index (κ2) is 9.32. The van der Waals surface area contributed by atoms with E-state index >= 15 is 0 Å². The Kier molecular flexibility index (Phi) is 6.32. The number of aliphatic imine (C=N–C) groups is 2. The number of hydrogen-bond donors (Lipinski definition) is 0.